The molecule has 1 amide bonds. The zero-order valence-corrected chi connectivity index (χ0v) is 20.4. The highest BCUT2D eigenvalue weighted by Crippen LogP contribution is 2.45. The third-order valence-electron chi connectivity index (χ3n) is 7.81. The minimum absolute atomic E-state index is 0.0490. The molecule has 3 aromatic rings. The minimum atomic E-state index is -0.511. The second kappa shape index (κ2) is 8.23. The van der Waals surface area contributed by atoms with E-state index >= 15 is 0 Å². The van der Waals surface area contributed by atoms with Crippen LogP contribution in [0.3, 0.4) is 0 Å². The number of benzene rings is 1. The van der Waals surface area contributed by atoms with Crippen molar-refractivity contribution in [3.05, 3.63) is 61.7 Å². The summed E-state index contributed by atoms with van der Waals surface area (Å²) < 4.78 is 26.9. The molecule has 6 rings (SSSR count). The number of pyridine rings is 2. The molecule has 9 heteroatoms. The first kappa shape index (κ1) is 22.8. The van der Waals surface area contributed by atoms with E-state index in [1.54, 1.807) is 11.5 Å². The SMILES string of the molecule is CCC1C(=O)OCc2c1cc1n(c2=O)Cc2c-1nc1cc(F)c(C)c3c1c2[C@@H](NC(=O)COC)CC3. The molecule has 1 unspecified atom stereocenters. The number of amides is 1. The number of aryl methyl sites for hydroxylation is 1. The maximum atomic E-state index is 14.9. The Labute approximate surface area is 206 Å². The number of methoxy groups -OCH3 is 1. The molecule has 36 heavy (non-hydrogen) atoms. The lowest BCUT2D eigenvalue weighted by Crippen LogP contribution is -2.34. The van der Waals surface area contributed by atoms with Gasteiger partial charge in [-0.25, -0.2) is 9.37 Å². The van der Waals surface area contributed by atoms with Gasteiger partial charge in [-0.15, -0.1) is 0 Å². The normalized spacial score (nSPS) is 19.5. The van der Waals surface area contributed by atoms with Crippen molar-refractivity contribution >= 4 is 22.8 Å². The highest BCUT2D eigenvalue weighted by atomic mass is 19.1. The van der Waals surface area contributed by atoms with Gasteiger partial charge in [0.2, 0.25) is 5.91 Å². The average molecular weight is 492 g/mol. The van der Waals surface area contributed by atoms with Crippen molar-refractivity contribution in [1.29, 1.82) is 0 Å². The first-order valence-electron chi connectivity index (χ1n) is 12.2. The molecular weight excluding hydrogens is 465 g/mol. The van der Waals surface area contributed by atoms with Gasteiger partial charge >= 0.3 is 5.97 Å². The van der Waals surface area contributed by atoms with Crippen LogP contribution < -0.4 is 10.9 Å². The van der Waals surface area contributed by atoms with Gasteiger partial charge in [0.1, 0.15) is 19.0 Å². The van der Waals surface area contributed by atoms with E-state index in [9.17, 15) is 18.8 Å². The lowest BCUT2D eigenvalue weighted by atomic mass is 9.81. The topological polar surface area (TPSA) is 99.5 Å². The summed E-state index contributed by atoms with van der Waals surface area (Å²) in [5.74, 6) is -1.42. The second-order valence-electron chi connectivity index (χ2n) is 9.72. The maximum Gasteiger partial charge on any atom is 0.313 e. The summed E-state index contributed by atoms with van der Waals surface area (Å²) in [5, 5.41) is 3.91. The molecule has 0 fully saturated rings. The summed E-state index contributed by atoms with van der Waals surface area (Å²) >= 11 is 0. The highest BCUT2D eigenvalue weighted by Gasteiger charge is 2.37. The number of nitrogens with zero attached hydrogens (tertiary/aromatic N) is 2. The van der Waals surface area contributed by atoms with E-state index < -0.39 is 5.92 Å². The van der Waals surface area contributed by atoms with Crippen LogP contribution in [-0.2, 0) is 38.6 Å². The molecule has 2 atom stereocenters. The van der Waals surface area contributed by atoms with E-state index in [-0.39, 0.29) is 49.1 Å². The van der Waals surface area contributed by atoms with Crippen LogP contribution in [0.15, 0.2) is 16.9 Å². The number of cyclic esters (lactones) is 1. The molecule has 0 saturated heterocycles. The number of ether oxygens (including phenoxy) is 2. The van der Waals surface area contributed by atoms with Gasteiger partial charge < -0.3 is 19.4 Å². The molecule has 3 aliphatic rings. The summed E-state index contributed by atoms with van der Waals surface area (Å²) in [7, 11) is 1.47. The van der Waals surface area contributed by atoms with Gasteiger partial charge in [-0.2, -0.15) is 0 Å². The van der Waals surface area contributed by atoms with E-state index in [0.717, 1.165) is 22.1 Å². The Morgan fingerprint density at radius 2 is 2.08 bits per heavy atom. The van der Waals surface area contributed by atoms with Crippen LogP contribution in [0, 0.1) is 12.7 Å². The van der Waals surface area contributed by atoms with Crippen molar-refractivity contribution in [2.75, 3.05) is 13.7 Å². The third kappa shape index (κ3) is 3.15. The van der Waals surface area contributed by atoms with Gasteiger partial charge in [-0.3, -0.25) is 14.4 Å². The molecule has 8 nitrogen and oxygen atoms in total. The van der Waals surface area contributed by atoms with Crippen molar-refractivity contribution in [2.45, 2.75) is 58.2 Å². The van der Waals surface area contributed by atoms with Gasteiger partial charge in [0.05, 0.1) is 41.0 Å². The maximum absolute atomic E-state index is 14.9. The molecule has 1 N–H and O–H groups in total. The zero-order chi connectivity index (χ0) is 25.3. The van der Waals surface area contributed by atoms with Gasteiger partial charge in [-0.05, 0) is 54.5 Å². The number of carbonyl (C=O) groups excluding carboxylic acids is 2. The van der Waals surface area contributed by atoms with Crippen LogP contribution in [0.25, 0.3) is 22.3 Å². The number of hydrogen-bond donors (Lipinski definition) is 1. The monoisotopic (exact) mass is 491 g/mol. The minimum Gasteiger partial charge on any atom is -0.460 e. The standard InChI is InChI=1S/C27H26FN3O5/c1-4-13-15-7-21-25-16(9-31(21)26(33)17(15)10-36-27(13)34)24-19(29-22(32)11-35-3)6-5-14-12(2)18(28)8-20(30-25)23(14)24/h7-8,13,19H,4-6,9-11H2,1-3H3,(H,29,32)/t13?,19-/m0/s1. The molecule has 186 valence electrons. The number of nitrogens with one attached hydrogen (secondary N) is 1. The first-order chi connectivity index (χ1) is 17.3. The fourth-order valence-corrected chi connectivity index (χ4v) is 6.09. The number of carbonyl (C=O) groups is 2. The molecule has 4 heterocycles. The van der Waals surface area contributed by atoms with Crippen molar-refractivity contribution in [2.24, 2.45) is 0 Å². The Kier molecular flexibility index (Phi) is 5.22. The van der Waals surface area contributed by atoms with Crippen molar-refractivity contribution in [3.63, 3.8) is 0 Å². The molecule has 0 spiro atoms. The Morgan fingerprint density at radius 1 is 1.28 bits per heavy atom. The van der Waals surface area contributed by atoms with Crippen LogP contribution in [-0.4, -0.2) is 35.1 Å². The lowest BCUT2D eigenvalue weighted by Gasteiger charge is -2.29. The molecule has 0 radical (unpaired) electrons. The van der Waals surface area contributed by atoms with Crippen LogP contribution in [0.5, 0.6) is 0 Å². The predicted molar refractivity (Wildman–Crippen MR) is 129 cm³/mol. The molecule has 1 aliphatic carbocycles. The largest absolute Gasteiger partial charge is 0.460 e. The van der Waals surface area contributed by atoms with Gasteiger partial charge in [0.15, 0.2) is 0 Å². The summed E-state index contributed by atoms with van der Waals surface area (Å²) in [6.07, 6.45) is 1.71. The quantitative estimate of drug-likeness (QED) is 0.440. The summed E-state index contributed by atoms with van der Waals surface area (Å²) in [6, 6.07) is 2.98. The van der Waals surface area contributed by atoms with Crippen LogP contribution in [0.4, 0.5) is 4.39 Å². The van der Waals surface area contributed by atoms with E-state index in [2.05, 4.69) is 5.32 Å². The fraction of sp³-hybridized carbons (Fsp3) is 0.407. The van der Waals surface area contributed by atoms with E-state index in [1.807, 2.05) is 13.0 Å². The van der Waals surface area contributed by atoms with Crippen molar-refractivity contribution in [1.82, 2.24) is 14.9 Å². The van der Waals surface area contributed by atoms with Crippen molar-refractivity contribution < 1.29 is 23.5 Å². The Hall–Kier alpha value is -3.59. The molecule has 2 aliphatic heterocycles. The summed E-state index contributed by atoms with van der Waals surface area (Å²) in [6.45, 7) is 3.82. The fourth-order valence-electron chi connectivity index (χ4n) is 6.09. The second-order valence-corrected chi connectivity index (χ2v) is 9.72. The van der Waals surface area contributed by atoms with Crippen LogP contribution in [0.1, 0.15) is 65.1 Å². The number of esters is 1. The molecule has 2 aromatic heterocycles. The number of hydrogen-bond acceptors (Lipinski definition) is 6. The van der Waals surface area contributed by atoms with Gasteiger partial charge in [0.25, 0.3) is 5.56 Å². The molecular formula is C27H26FN3O5. The number of fused-ring (bicyclic) bond motifs is 5. The smallest absolute Gasteiger partial charge is 0.313 e. The summed E-state index contributed by atoms with van der Waals surface area (Å²) in [4.78, 5) is 43.3. The first-order valence-corrected chi connectivity index (χ1v) is 12.2. The molecule has 1 aromatic carbocycles. The van der Waals surface area contributed by atoms with Gasteiger partial charge in [-0.1, -0.05) is 6.92 Å². The number of aromatic nitrogens is 2. The predicted octanol–water partition coefficient (Wildman–Crippen LogP) is 3.17. The van der Waals surface area contributed by atoms with Crippen molar-refractivity contribution in [3.8, 4) is 11.4 Å². The molecule has 0 saturated carbocycles. The summed E-state index contributed by atoms with van der Waals surface area (Å²) in [5.41, 5.74) is 5.85. The Morgan fingerprint density at radius 3 is 2.83 bits per heavy atom. The van der Waals surface area contributed by atoms with Gasteiger partial charge in [0, 0.05) is 24.1 Å². The average Bonchev–Trinajstić information content (AvgIpc) is 3.22. The lowest BCUT2D eigenvalue weighted by molar-refractivity contribution is -0.148. The number of rotatable bonds is 4. The van der Waals surface area contributed by atoms with E-state index in [4.69, 9.17) is 14.5 Å². The number of halogens is 1. The van der Waals surface area contributed by atoms with Crippen LogP contribution >= 0.6 is 0 Å². The highest BCUT2D eigenvalue weighted by molar-refractivity contribution is 5.93. The Bertz CT molecular complexity index is 1540. The van der Waals surface area contributed by atoms with E-state index in [0.29, 0.717) is 52.9 Å². The third-order valence-corrected chi connectivity index (χ3v) is 7.81. The zero-order valence-electron chi connectivity index (χ0n) is 20.4. The molecule has 0 bridgehead atoms. The Balaban J connectivity index is 1.62. The van der Waals surface area contributed by atoms with Crippen LogP contribution in [0.2, 0.25) is 0 Å². The van der Waals surface area contributed by atoms with E-state index in [1.165, 1.54) is 13.2 Å².